The van der Waals surface area contributed by atoms with Crippen molar-refractivity contribution in [1.82, 2.24) is 5.32 Å². The van der Waals surface area contributed by atoms with E-state index in [1.807, 2.05) is 54.6 Å². The number of rotatable bonds is 6. The lowest BCUT2D eigenvalue weighted by Crippen LogP contribution is -2.49. The van der Waals surface area contributed by atoms with Crippen LogP contribution in [0.15, 0.2) is 54.6 Å². The molecule has 1 heterocycles. The molecule has 1 amide bonds. The third-order valence-electron chi connectivity index (χ3n) is 4.50. The number of hydrogen-bond donors (Lipinski definition) is 1. The average Bonchev–Trinajstić information content (AvgIpc) is 2.68. The maximum Gasteiger partial charge on any atom is 0.235 e. The van der Waals surface area contributed by atoms with Crippen molar-refractivity contribution in [3.8, 4) is 5.75 Å². The van der Waals surface area contributed by atoms with E-state index in [1.165, 1.54) is 0 Å². The molecule has 1 aliphatic rings. The SMILES string of the molecule is O=C(CCl)NC1(c2ccc(OCc3ccccc3)cc2)CCOCC1. The topological polar surface area (TPSA) is 47.6 Å². The van der Waals surface area contributed by atoms with Crippen LogP contribution in [0.4, 0.5) is 0 Å². The highest BCUT2D eigenvalue weighted by molar-refractivity contribution is 6.27. The van der Waals surface area contributed by atoms with Crippen molar-refractivity contribution < 1.29 is 14.3 Å². The third kappa shape index (κ3) is 4.53. The number of ether oxygens (including phenoxy) is 2. The summed E-state index contributed by atoms with van der Waals surface area (Å²) in [4.78, 5) is 11.9. The first-order chi connectivity index (χ1) is 12.2. The lowest BCUT2D eigenvalue weighted by molar-refractivity contribution is -0.122. The van der Waals surface area contributed by atoms with Gasteiger partial charge in [-0.3, -0.25) is 4.79 Å². The van der Waals surface area contributed by atoms with Crippen LogP contribution < -0.4 is 10.1 Å². The smallest absolute Gasteiger partial charge is 0.235 e. The van der Waals surface area contributed by atoms with Gasteiger partial charge in [-0.05, 0) is 36.1 Å². The fourth-order valence-corrected chi connectivity index (χ4v) is 3.18. The minimum absolute atomic E-state index is 0.0408. The molecule has 1 saturated heterocycles. The molecule has 4 nitrogen and oxygen atoms in total. The maximum absolute atomic E-state index is 11.9. The Balaban J connectivity index is 1.71. The number of benzene rings is 2. The summed E-state index contributed by atoms with van der Waals surface area (Å²) in [5.41, 5.74) is 1.77. The van der Waals surface area contributed by atoms with E-state index in [0.717, 1.165) is 29.7 Å². The van der Waals surface area contributed by atoms with Crippen molar-refractivity contribution in [1.29, 1.82) is 0 Å². The van der Waals surface area contributed by atoms with E-state index in [1.54, 1.807) is 0 Å². The summed E-state index contributed by atoms with van der Waals surface area (Å²) in [6.45, 7) is 1.77. The lowest BCUT2D eigenvalue weighted by atomic mass is 9.82. The quantitative estimate of drug-likeness (QED) is 0.801. The van der Waals surface area contributed by atoms with E-state index in [4.69, 9.17) is 21.1 Å². The van der Waals surface area contributed by atoms with Gasteiger partial charge in [-0.1, -0.05) is 42.5 Å². The van der Waals surface area contributed by atoms with E-state index in [-0.39, 0.29) is 11.8 Å². The van der Waals surface area contributed by atoms with Crippen LogP contribution in [0.5, 0.6) is 5.75 Å². The monoisotopic (exact) mass is 359 g/mol. The molecule has 2 aromatic rings. The van der Waals surface area contributed by atoms with Gasteiger partial charge in [-0.25, -0.2) is 0 Å². The Labute approximate surface area is 153 Å². The van der Waals surface area contributed by atoms with Crippen molar-refractivity contribution in [3.63, 3.8) is 0 Å². The molecule has 5 heteroatoms. The first-order valence-electron chi connectivity index (χ1n) is 8.44. The molecule has 0 atom stereocenters. The van der Waals surface area contributed by atoms with Crippen molar-refractivity contribution in [2.75, 3.05) is 19.1 Å². The number of hydrogen-bond acceptors (Lipinski definition) is 3. The molecule has 0 unspecified atom stereocenters. The number of halogens is 1. The molecule has 3 rings (SSSR count). The maximum atomic E-state index is 11.9. The minimum atomic E-state index is -0.415. The van der Waals surface area contributed by atoms with Crippen LogP contribution in [0.3, 0.4) is 0 Å². The highest BCUT2D eigenvalue weighted by Gasteiger charge is 2.35. The molecule has 0 spiro atoms. The fourth-order valence-electron chi connectivity index (χ4n) is 3.12. The second kappa shape index (κ2) is 8.37. The number of amides is 1. The van der Waals surface area contributed by atoms with Crippen molar-refractivity contribution in [3.05, 3.63) is 65.7 Å². The standard InChI is InChI=1S/C20H22ClNO3/c21-14-19(23)22-20(10-12-24-13-11-20)17-6-8-18(9-7-17)25-15-16-4-2-1-3-5-16/h1-9H,10-15H2,(H,22,23). The van der Waals surface area contributed by atoms with Gasteiger partial charge in [0.2, 0.25) is 5.91 Å². The van der Waals surface area contributed by atoms with Crippen LogP contribution in [-0.4, -0.2) is 25.0 Å². The Morgan fingerprint density at radius 2 is 1.76 bits per heavy atom. The Kier molecular flexibility index (Phi) is 5.95. The predicted octanol–water partition coefficient (Wildman–Crippen LogP) is 3.63. The highest BCUT2D eigenvalue weighted by Crippen LogP contribution is 2.33. The summed E-state index contributed by atoms with van der Waals surface area (Å²) in [7, 11) is 0. The molecular weight excluding hydrogens is 338 g/mol. The molecule has 1 N–H and O–H groups in total. The molecule has 0 aromatic heterocycles. The Morgan fingerprint density at radius 3 is 2.40 bits per heavy atom. The molecule has 132 valence electrons. The molecule has 1 fully saturated rings. The predicted molar refractivity (Wildman–Crippen MR) is 97.8 cm³/mol. The van der Waals surface area contributed by atoms with Gasteiger partial charge in [0.25, 0.3) is 0 Å². The largest absolute Gasteiger partial charge is 0.489 e. The molecule has 0 bridgehead atoms. The molecule has 0 aliphatic carbocycles. The van der Waals surface area contributed by atoms with Crippen molar-refractivity contribution in [2.45, 2.75) is 25.0 Å². The first kappa shape index (κ1) is 17.8. The normalized spacial score (nSPS) is 16.2. The van der Waals surface area contributed by atoms with Crippen LogP contribution in [-0.2, 0) is 21.7 Å². The molecule has 25 heavy (non-hydrogen) atoms. The average molecular weight is 360 g/mol. The van der Waals surface area contributed by atoms with Crippen molar-refractivity contribution in [2.24, 2.45) is 0 Å². The van der Waals surface area contributed by atoms with Crippen LogP contribution in [0.1, 0.15) is 24.0 Å². The lowest BCUT2D eigenvalue weighted by Gasteiger charge is -2.38. The summed E-state index contributed by atoms with van der Waals surface area (Å²) >= 11 is 5.68. The molecule has 1 aliphatic heterocycles. The summed E-state index contributed by atoms with van der Waals surface area (Å²) in [5, 5.41) is 3.08. The van der Waals surface area contributed by atoms with Crippen molar-refractivity contribution >= 4 is 17.5 Å². The number of carbonyl (C=O) groups is 1. The van der Waals surface area contributed by atoms with E-state index < -0.39 is 5.54 Å². The van der Waals surface area contributed by atoms with Crippen LogP contribution in [0, 0.1) is 0 Å². The number of alkyl halides is 1. The molecule has 0 saturated carbocycles. The number of nitrogens with one attached hydrogen (secondary N) is 1. The van der Waals surface area contributed by atoms with Gasteiger partial charge in [0.05, 0.1) is 5.54 Å². The van der Waals surface area contributed by atoms with E-state index in [2.05, 4.69) is 5.32 Å². The summed E-state index contributed by atoms with van der Waals surface area (Å²) in [6.07, 6.45) is 1.47. The fraction of sp³-hybridized carbons (Fsp3) is 0.350. The van der Waals surface area contributed by atoms with Gasteiger partial charge < -0.3 is 14.8 Å². The molecular formula is C20H22ClNO3. The Bertz CT molecular complexity index is 682. The van der Waals surface area contributed by atoms with Crippen LogP contribution in [0.25, 0.3) is 0 Å². The van der Waals surface area contributed by atoms with Gasteiger partial charge in [0.1, 0.15) is 18.2 Å². The van der Waals surface area contributed by atoms with Gasteiger partial charge in [-0.15, -0.1) is 11.6 Å². The van der Waals surface area contributed by atoms with E-state index in [0.29, 0.717) is 19.8 Å². The second-order valence-electron chi connectivity index (χ2n) is 6.17. The van der Waals surface area contributed by atoms with Gasteiger partial charge in [-0.2, -0.15) is 0 Å². The van der Waals surface area contributed by atoms with Gasteiger partial charge in [0, 0.05) is 13.2 Å². The Morgan fingerprint density at radius 1 is 1.08 bits per heavy atom. The van der Waals surface area contributed by atoms with Crippen LogP contribution in [0.2, 0.25) is 0 Å². The zero-order valence-electron chi connectivity index (χ0n) is 14.0. The second-order valence-corrected chi connectivity index (χ2v) is 6.44. The Hall–Kier alpha value is -2.04. The number of carbonyl (C=O) groups excluding carboxylic acids is 1. The van der Waals surface area contributed by atoms with E-state index >= 15 is 0 Å². The summed E-state index contributed by atoms with van der Waals surface area (Å²) in [6, 6.07) is 18.0. The molecule has 0 radical (unpaired) electrons. The van der Waals surface area contributed by atoms with Gasteiger partial charge in [0.15, 0.2) is 0 Å². The zero-order chi connectivity index (χ0) is 17.5. The van der Waals surface area contributed by atoms with Gasteiger partial charge >= 0.3 is 0 Å². The van der Waals surface area contributed by atoms with E-state index in [9.17, 15) is 4.79 Å². The molecule has 2 aromatic carbocycles. The third-order valence-corrected chi connectivity index (χ3v) is 4.74. The minimum Gasteiger partial charge on any atom is -0.489 e. The first-order valence-corrected chi connectivity index (χ1v) is 8.97. The highest BCUT2D eigenvalue weighted by atomic mass is 35.5. The summed E-state index contributed by atoms with van der Waals surface area (Å²) < 4.78 is 11.3. The zero-order valence-corrected chi connectivity index (χ0v) is 14.8. The summed E-state index contributed by atoms with van der Waals surface area (Å²) in [5.74, 6) is 0.604. The van der Waals surface area contributed by atoms with Crippen LogP contribution >= 0.6 is 11.6 Å².